The first-order chi connectivity index (χ1) is 13.0. The maximum atomic E-state index is 12.1. The molecular weight excluding hydrogens is 364 g/mol. The van der Waals surface area contributed by atoms with Gasteiger partial charge in [0.15, 0.2) is 0 Å². The van der Waals surface area contributed by atoms with Gasteiger partial charge in [-0.25, -0.2) is 0 Å². The number of thioether (sulfide) groups is 1. The molecule has 3 aromatic carbocycles. The van der Waals surface area contributed by atoms with Crippen molar-refractivity contribution in [2.75, 3.05) is 12.9 Å². The van der Waals surface area contributed by atoms with Crippen molar-refractivity contribution in [2.45, 2.75) is 11.4 Å². The summed E-state index contributed by atoms with van der Waals surface area (Å²) in [6, 6.07) is 18.1. The zero-order chi connectivity index (χ0) is 19.2. The van der Waals surface area contributed by atoms with Gasteiger partial charge in [-0.1, -0.05) is 18.2 Å². The van der Waals surface area contributed by atoms with Gasteiger partial charge in [-0.2, -0.15) is 0 Å². The van der Waals surface area contributed by atoms with Crippen molar-refractivity contribution in [2.24, 2.45) is 0 Å². The fourth-order valence-corrected chi connectivity index (χ4v) is 3.30. The van der Waals surface area contributed by atoms with Crippen LogP contribution in [0.4, 0.5) is 5.69 Å². The molecule has 0 aromatic heterocycles. The number of non-ortho nitro benzene ring substituents is 1. The van der Waals surface area contributed by atoms with Gasteiger partial charge in [0, 0.05) is 23.6 Å². The lowest BCUT2D eigenvalue weighted by Gasteiger charge is -2.08. The molecule has 7 heteroatoms. The van der Waals surface area contributed by atoms with Crippen LogP contribution in [0.25, 0.3) is 10.8 Å². The molecule has 0 saturated carbocycles. The molecule has 3 aromatic rings. The Morgan fingerprint density at radius 3 is 2.48 bits per heavy atom. The van der Waals surface area contributed by atoms with Crippen LogP contribution in [0.3, 0.4) is 0 Å². The third kappa shape index (κ3) is 4.98. The molecule has 1 amide bonds. The molecule has 0 fully saturated rings. The summed E-state index contributed by atoms with van der Waals surface area (Å²) >= 11 is 1.34. The molecule has 0 aliphatic rings. The number of carbonyl (C=O) groups is 1. The lowest BCUT2D eigenvalue weighted by Crippen LogP contribution is -2.24. The number of rotatable bonds is 7. The number of amides is 1. The van der Waals surface area contributed by atoms with E-state index < -0.39 is 4.92 Å². The number of nitro groups is 1. The monoisotopic (exact) mass is 382 g/mol. The minimum Gasteiger partial charge on any atom is -0.497 e. The second kappa shape index (κ2) is 8.55. The Hall–Kier alpha value is -3.06. The van der Waals surface area contributed by atoms with Crippen molar-refractivity contribution in [3.8, 4) is 5.75 Å². The Morgan fingerprint density at radius 1 is 1.07 bits per heavy atom. The largest absolute Gasteiger partial charge is 0.497 e. The van der Waals surface area contributed by atoms with Gasteiger partial charge >= 0.3 is 0 Å². The quantitative estimate of drug-likeness (QED) is 0.377. The van der Waals surface area contributed by atoms with E-state index in [1.54, 1.807) is 19.2 Å². The molecule has 0 unspecified atom stereocenters. The van der Waals surface area contributed by atoms with Crippen molar-refractivity contribution in [1.29, 1.82) is 0 Å². The van der Waals surface area contributed by atoms with Crippen LogP contribution in [0.5, 0.6) is 5.75 Å². The number of carbonyl (C=O) groups excluding carboxylic acids is 1. The molecular formula is C20H18N2O4S. The first-order valence-electron chi connectivity index (χ1n) is 8.26. The van der Waals surface area contributed by atoms with Gasteiger partial charge in [0.25, 0.3) is 5.69 Å². The van der Waals surface area contributed by atoms with Crippen LogP contribution >= 0.6 is 11.8 Å². The Labute approximate surface area is 160 Å². The minimum atomic E-state index is -0.444. The summed E-state index contributed by atoms with van der Waals surface area (Å²) in [7, 11) is 1.64. The van der Waals surface area contributed by atoms with Gasteiger partial charge in [-0.15, -0.1) is 11.8 Å². The van der Waals surface area contributed by atoms with Gasteiger partial charge in [0.05, 0.1) is 17.8 Å². The highest BCUT2D eigenvalue weighted by Gasteiger charge is 2.07. The number of hydrogen-bond acceptors (Lipinski definition) is 5. The molecule has 0 aliphatic heterocycles. The molecule has 0 bridgehead atoms. The lowest BCUT2D eigenvalue weighted by atomic mass is 10.1. The highest BCUT2D eigenvalue weighted by molar-refractivity contribution is 8.00. The zero-order valence-electron chi connectivity index (χ0n) is 14.7. The second-order valence-electron chi connectivity index (χ2n) is 5.86. The van der Waals surface area contributed by atoms with Crippen LogP contribution in [0, 0.1) is 10.1 Å². The fraction of sp³-hybridized carbons (Fsp3) is 0.150. The molecule has 138 valence electrons. The number of benzene rings is 3. The van der Waals surface area contributed by atoms with Crippen LogP contribution in [0.2, 0.25) is 0 Å². The van der Waals surface area contributed by atoms with Crippen LogP contribution in [-0.2, 0) is 11.3 Å². The lowest BCUT2D eigenvalue weighted by molar-refractivity contribution is -0.384. The second-order valence-corrected chi connectivity index (χ2v) is 6.91. The molecule has 0 heterocycles. The fourth-order valence-electron chi connectivity index (χ4n) is 2.57. The van der Waals surface area contributed by atoms with Gasteiger partial charge in [0.2, 0.25) is 5.91 Å². The average molecular weight is 382 g/mol. The Bertz CT molecular complexity index is 973. The minimum absolute atomic E-state index is 0.0396. The summed E-state index contributed by atoms with van der Waals surface area (Å²) in [5.74, 6) is 0.975. The van der Waals surface area contributed by atoms with E-state index in [1.807, 2.05) is 36.4 Å². The van der Waals surface area contributed by atoms with E-state index in [-0.39, 0.29) is 17.3 Å². The van der Waals surface area contributed by atoms with E-state index in [1.165, 1.54) is 23.9 Å². The number of ether oxygens (including phenoxy) is 1. The Balaban J connectivity index is 1.52. The van der Waals surface area contributed by atoms with Crippen molar-refractivity contribution in [1.82, 2.24) is 5.32 Å². The molecule has 0 aliphatic carbocycles. The highest BCUT2D eigenvalue weighted by Crippen LogP contribution is 2.23. The van der Waals surface area contributed by atoms with Gasteiger partial charge in [0.1, 0.15) is 5.75 Å². The van der Waals surface area contributed by atoms with Crippen LogP contribution in [-0.4, -0.2) is 23.7 Å². The number of fused-ring (bicyclic) bond motifs is 1. The molecule has 0 spiro atoms. The molecule has 3 rings (SSSR count). The molecule has 27 heavy (non-hydrogen) atoms. The maximum Gasteiger partial charge on any atom is 0.269 e. The Morgan fingerprint density at radius 2 is 1.78 bits per heavy atom. The molecule has 6 nitrogen and oxygen atoms in total. The average Bonchev–Trinajstić information content (AvgIpc) is 2.70. The standard InChI is InChI=1S/C20H18N2O4S/c1-26-18-7-4-15-10-14(2-3-16(15)11-18)12-21-20(23)13-27-19-8-5-17(6-9-19)22(24)25/h2-11H,12-13H2,1H3,(H,21,23). The molecule has 0 radical (unpaired) electrons. The molecule has 1 N–H and O–H groups in total. The predicted octanol–water partition coefficient (Wildman–Crippen LogP) is 4.17. The number of nitrogens with one attached hydrogen (secondary N) is 1. The third-order valence-electron chi connectivity index (χ3n) is 4.02. The summed E-state index contributed by atoms with van der Waals surface area (Å²) in [6.45, 7) is 0.446. The van der Waals surface area contributed by atoms with Gasteiger partial charge in [-0.05, 0) is 46.7 Å². The summed E-state index contributed by atoms with van der Waals surface area (Å²) < 4.78 is 5.22. The third-order valence-corrected chi connectivity index (χ3v) is 5.03. The molecule has 0 atom stereocenters. The van der Waals surface area contributed by atoms with E-state index in [0.29, 0.717) is 6.54 Å². The van der Waals surface area contributed by atoms with E-state index in [9.17, 15) is 14.9 Å². The topological polar surface area (TPSA) is 81.5 Å². The van der Waals surface area contributed by atoms with Gasteiger partial charge < -0.3 is 10.1 Å². The molecule has 0 saturated heterocycles. The first-order valence-corrected chi connectivity index (χ1v) is 9.24. The van der Waals surface area contributed by atoms with Gasteiger partial charge in [-0.3, -0.25) is 14.9 Å². The summed E-state index contributed by atoms with van der Waals surface area (Å²) in [5, 5.41) is 15.7. The zero-order valence-corrected chi connectivity index (χ0v) is 15.5. The van der Waals surface area contributed by atoms with Crippen molar-refractivity contribution < 1.29 is 14.5 Å². The maximum absolute atomic E-state index is 12.1. The van der Waals surface area contributed by atoms with Crippen molar-refractivity contribution >= 4 is 34.1 Å². The first kappa shape index (κ1) is 18.7. The smallest absolute Gasteiger partial charge is 0.269 e. The van der Waals surface area contributed by atoms with Crippen LogP contribution in [0.15, 0.2) is 65.6 Å². The number of methoxy groups -OCH3 is 1. The van der Waals surface area contributed by atoms with Crippen LogP contribution in [0.1, 0.15) is 5.56 Å². The normalized spacial score (nSPS) is 10.6. The number of nitrogens with zero attached hydrogens (tertiary/aromatic N) is 1. The number of nitro benzene ring substituents is 1. The van der Waals surface area contributed by atoms with Crippen LogP contribution < -0.4 is 10.1 Å². The van der Waals surface area contributed by atoms with E-state index >= 15 is 0 Å². The number of hydrogen-bond donors (Lipinski definition) is 1. The van der Waals surface area contributed by atoms with Crippen molar-refractivity contribution in [3.63, 3.8) is 0 Å². The summed E-state index contributed by atoms with van der Waals surface area (Å²) in [5.41, 5.74) is 1.05. The Kier molecular flexibility index (Phi) is 5.93. The van der Waals surface area contributed by atoms with E-state index in [2.05, 4.69) is 5.32 Å². The van der Waals surface area contributed by atoms with E-state index in [4.69, 9.17) is 4.74 Å². The SMILES string of the molecule is COc1ccc2cc(CNC(=O)CSc3ccc([N+](=O)[O-])cc3)ccc2c1. The predicted molar refractivity (Wildman–Crippen MR) is 106 cm³/mol. The summed E-state index contributed by atoms with van der Waals surface area (Å²) in [6.07, 6.45) is 0. The highest BCUT2D eigenvalue weighted by atomic mass is 32.2. The van der Waals surface area contributed by atoms with E-state index in [0.717, 1.165) is 27.0 Å². The van der Waals surface area contributed by atoms with Crippen molar-refractivity contribution in [3.05, 3.63) is 76.3 Å². The summed E-state index contributed by atoms with van der Waals surface area (Å²) in [4.78, 5) is 23.1.